The molecular weight excluding hydrogens is 237 g/mol. The van der Waals surface area contributed by atoms with Crippen molar-refractivity contribution in [3.05, 3.63) is 58.2 Å². The second-order valence-electron chi connectivity index (χ2n) is 3.96. The van der Waals surface area contributed by atoms with Crippen molar-refractivity contribution >= 4 is 11.4 Å². The standard InChI is InChI=1S/C12H12FN3O2/c1-15-5-4-9(8-15)7-14-11-3-2-10(13)6-12(11)16(17)18/h2-6,8,14H,7H2,1H3. The number of rotatable bonds is 4. The Kier molecular flexibility index (Phi) is 3.27. The molecule has 0 fully saturated rings. The maximum atomic E-state index is 12.9. The van der Waals surface area contributed by atoms with Gasteiger partial charge in [-0.1, -0.05) is 0 Å². The highest BCUT2D eigenvalue weighted by molar-refractivity contribution is 5.61. The Morgan fingerprint density at radius 1 is 1.44 bits per heavy atom. The van der Waals surface area contributed by atoms with Crippen LogP contribution in [0.5, 0.6) is 0 Å². The van der Waals surface area contributed by atoms with Gasteiger partial charge in [0.1, 0.15) is 11.5 Å². The van der Waals surface area contributed by atoms with Gasteiger partial charge in [0.25, 0.3) is 5.69 Å². The fourth-order valence-corrected chi connectivity index (χ4v) is 1.67. The van der Waals surface area contributed by atoms with Crippen molar-refractivity contribution in [1.29, 1.82) is 0 Å². The van der Waals surface area contributed by atoms with Crippen LogP contribution >= 0.6 is 0 Å². The van der Waals surface area contributed by atoms with E-state index in [2.05, 4.69) is 5.32 Å². The lowest BCUT2D eigenvalue weighted by atomic mass is 10.2. The number of halogens is 1. The summed E-state index contributed by atoms with van der Waals surface area (Å²) in [5.74, 6) is -0.619. The molecule has 1 aromatic carbocycles. The molecule has 2 rings (SSSR count). The lowest BCUT2D eigenvalue weighted by Gasteiger charge is -2.05. The maximum Gasteiger partial charge on any atom is 0.295 e. The highest BCUT2D eigenvalue weighted by atomic mass is 19.1. The molecule has 0 aliphatic heterocycles. The number of nitro groups is 1. The van der Waals surface area contributed by atoms with Crippen LogP contribution in [0, 0.1) is 15.9 Å². The van der Waals surface area contributed by atoms with Gasteiger partial charge in [-0.15, -0.1) is 0 Å². The molecule has 0 radical (unpaired) electrons. The highest BCUT2D eigenvalue weighted by Crippen LogP contribution is 2.25. The van der Waals surface area contributed by atoms with Crippen LogP contribution in [-0.4, -0.2) is 9.49 Å². The van der Waals surface area contributed by atoms with E-state index in [9.17, 15) is 14.5 Å². The van der Waals surface area contributed by atoms with Crippen LogP contribution in [0.15, 0.2) is 36.7 Å². The first-order valence-corrected chi connectivity index (χ1v) is 5.35. The van der Waals surface area contributed by atoms with Gasteiger partial charge >= 0.3 is 0 Å². The molecule has 18 heavy (non-hydrogen) atoms. The van der Waals surface area contributed by atoms with Gasteiger partial charge in [0.2, 0.25) is 0 Å². The summed E-state index contributed by atoms with van der Waals surface area (Å²) in [5.41, 5.74) is 1.05. The number of anilines is 1. The average Bonchev–Trinajstić information content (AvgIpc) is 2.73. The molecule has 0 saturated carbocycles. The summed E-state index contributed by atoms with van der Waals surface area (Å²) in [6, 6.07) is 5.38. The number of hydrogen-bond acceptors (Lipinski definition) is 3. The normalized spacial score (nSPS) is 10.3. The van der Waals surface area contributed by atoms with E-state index in [-0.39, 0.29) is 5.69 Å². The van der Waals surface area contributed by atoms with Gasteiger partial charge in [-0.3, -0.25) is 10.1 Å². The number of aryl methyl sites for hydroxylation is 1. The van der Waals surface area contributed by atoms with Gasteiger partial charge in [-0.05, 0) is 23.8 Å². The third-order valence-electron chi connectivity index (χ3n) is 2.53. The smallest absolute Gasteiger partial charge is 0.295 e. The van der Waals surface area contributed by atoms with E-state index < -0.39 is 10.7 Å². The molecule has 2 aromatic rings. The zero-order chi connectivity index (χ0) is 13.1. The van der Waals surface area contributed by atoms with Gasteiger partial charge in [0.05, 0.1) is 11.0 Å². The first-order valence-electron chi connectivity index (χ1n) is 5.35. The van der Waals surface area contributed by atoms with Crippen molar-refractivity contribution in [2.24, 2.45) is 7.05 Å². The molecule has 5 nitrogen and oxygen atoms in total. The van der Waals surface area contributed by atoms with Crippen LogP contribution in [0.3, 0.4) is 0 Å². The third-order valence-corrected chi connectivity index (χ3v) is 2.53. The van der Waals surface area contributed by atoms with E-state index in [0.29, 0.717) is 12.2 Å². The van der Waals surface area contributed by atoms with Gasteiger partial charge in [-0.25, -0.2) is 4.39 Å². The Hall–Kier alpha value is -2.37. The Morgan fingerprint density at radius 3 is 2.83 bits per heavy atom. The molecule has 0 aliphatic carbocycles. The molecule has 1 N–H and O–H groups in total. The number of hydrogen-bond donors (Lipinski definition) is 1. The van der Waals surface area contributed by atoms with E-state index in [0.717, 1.165) is 11.6 Å². The summed E-state index contributed by atoms with van der Waals surface area (Å²) >= 11 is 0. The molecular formula is C12H12FN3O2. The molecule has 0 atom stereocenters. The number of benzene rings is 1. The minimum absolute atomic E-state index is 0.258. The van der Waals surface area contributed by atoms with Crippen LogP contribution in [0.4, 0.5) is 15.8 Å². The largest absolute Gasteiger partial charge is 0.375 e. The van der Waals surface area contributed by atoms with Crippen molar-refractivity contribution in [3.8, 4) is 0 Å². The zero-order valence-corrected chi connectivity index (χ0v) is 9.76. The summed E-state index contributed by atoms with van der Waals surface area (Å²) in [5, 5.41) is 13.7. The van der Waals surface area contributed by atoms with Gasteiger partial charge in [-0.2, -0.15) is 0 Å². The Morgan fingerprint density at radius 2 is 2.22 bits per heavy atom. The predicted octanol–water partition coefficient (Wildman–Crippen LogP) is 2.68. The van der Waals surface area contributed by atoms with Gasteiger partial charge < -0.3 is 9.88 Å². The zero-order valence-electron chi connectivity index (χ0n) is 9.76. The van der Waals surface area contributed by atoms with Gasteiger partial charge in [0.15, 0.2) is 0 Å². The topological polar surface area (TPSA) is 60.1 Å². The summed E-state index contributed by atoms with van der Waals surface area (Å²) in [7, 11) is 1.89. The second kappa shape index (κ2) is 4.87. The van der Waals surface area contributed by atoms with Crippen LogP contribution in [0.1, 0.15) is 5.56 Å². The average molecular weight is 249 g/mol. The predicted molar refractivity (Wildman–Crippen MR) is 65.8 cm³/mol. The summed E-state index contributed by atoms with van der Waals surface area (Å²) in [6.45, 7) is 0.452. The van der Waals surface area contributed by atoms with E-state index in [1.165, 1.54) is 12.1 Å². The van der Waals surface area contributed by atoms with Crippen LogP contribution in [-0.2, 0) is 13.6 Å². The van der Waals surface area contributed by atoms with E-state index in [1.807, 2.05) is 30.1 Å². The maximum absolute atomic E-state index is 12.9. The molecule has 0 bridgehead atoms. The monoisotopic (exact) mass is 249 g/mol. The number of nitrogens with one attached hydrogen (secondary N) is 1. The minimum Gasteiger partial charge on any atom is -0.375 e. The van der Waals surface area contributed by atoms with Crippen molar-refractivity contribution in [1.82, 2.24) is 4.57 Å². The SMILES string of the molecule is Cn1ccc(CNc2ccc(F)cc2[N+](=O)[O-])c1. The summed E-state index contributed by atoms with van der Waals surface area (Å²) in [6.07, 6.45) is 3.79. The second-order valence-corrected chi connectivity index (χ2v) is 3.96. The van der Waals surface area contributed by atoms with Crippen molar-refractivity contribution in [3.63, 3.8) is 0 Å². The van der Waals surface area contributed by atoms with E-state index in [1.54, 1.807) is 0 Å². The molecule has 0 saturated heterocycles. The molecule has 6 heteroatoms. The first kappa shape index (κ1) is 12.1. The van der Waals surface area contributed by atoms with Crippen molar-refractivity contribution in [2.75, 3.05) is 5.32 Å². The van der Waals surface area contributed by atoms with E-state index >= 15 is 0 Å². The first-order chi connectivity index (χ1) is 8.56. The Labute approximate surface area is 103 Å². The van der Waals surface area contributed by atoms with Crippen molar-refractivity contribution in [2.45, 2.75) is 6.54 Å². The Balaban J connectivity index is 2.16. The molecule has 0 spiro atoms. The summed E-state index contributed by atoms with van der Waals surface area (Å²) < 4.78 is 14.8. The molecule has 1 heterocycles. The van der Waals surface area contributed by atoms with Crippen LogP contribution < -0.4 is 5.32 Å². The fourth-order valence-electron chi connectivity index (χ4n) is 1.67. The molecule has 0 unspecified atom stereocenters. The number of nitrogens with zero attached hydrogens (tertiary/aromatic N) is 2. The van der Waals surface area contributed by atoms with E-state index in [4.69, 9.17) is 0 Å². The molecule has 0 aliphatic rings. The van der Waals surface area contributed by atoms with Crippen LogP contribution in [0.2, 0.25) is 0 Å². The summed E-state index contributed by atoms with van der Waals surface area (Å²) in [4.78, 5) is 10.2. The quantitative estimate of drug-likeness (QED) is 0.669. The molecule has 0 amide bonds. The van der Waals surface area contributed by atoms with Gasteiger partial charge in [0, 0.05) is 26.0 Å². The molecule has 94 valence electrons. The Bertz CT molecular complexity index is 580. The lowest BCUT2D eigenvalue weighted by Crippen LogP contribution is -2.02. The minimum atomic E-state index is -0.619. The highest BCUT2D eigenvalue weighted by Gasteiger charge is 2.14. The number of aromatic nitrogens is 1. The molecule has 1 aromatic heterocycles. The third kappa shape index (κ3) is 2.65. The van der Waals surface area contributed by atoms with Crippen LogP contribution in [0.25, 0.3) is 0 Å². The fraction of sp³-hybridized carbons (Fsp3) is 0.167. The lowest BCUT2D eigenvalue weighted by molar-refractivity contribution is -0.384. The number of nitro benzene ring substituents is 1. The van der Waals surface area contributed by atoms with Crippen molar-refractivity contribution < 1.29 is 9.31 Å².